The summed E-state index contributed by atoms with van der Waals surface area (Å²) in [5.41, 5.74) is 5.41. The van der Waals surface area contributed by atoms with Gasteiger partial charge >= 0.3 is 0 Å². The zero-order chi connectivity index (χ0) is 24.4. The Morgan fingerprint density at radius 2 is 1.49 bits per heavy atom. The van der Waals surface area contributed by atoms with Gasteiger partial charge in [-0.05, 0) is 90.7 Å². The Labute approximate surface area is 208 Å². The maximum Gasteiger partial charge on any atom is 0.201 e. The van der Waals surface area contributed by atoms with E-state index in [4.69, 9.17) is 4.74 Å². The quantitative estimate of drug-likeness (QED) is 0.346. The van der Waals surface area contributed by atoms with Gasteiger partial charge in [0.2, 0.25) is 5.82 Å². The molecule has 3 aromatic rings. The van der Waals surface area contributed by atoms with Crippen molar-refractivity contribution < 1.29 is 13.5 Å². The summed E-state index contributed by atoms with van der Waals surface area (Å²) in [6.45, 7) is 4.43. The first-order valence-electron chi connectivity index (χ1n) is 13.4. The van der Waals surface area contributed by atoms with Crippen LogP contribution in [0, 0.1) is 17.6 Å². The molecule has 1 aliphatic heterocycles. The third-order valence-corrected chi connectivity index (χ3v) is 8.18. The van der Waals surface area contributed by atoms with Crippen molar-refractivity contribution in [2.24, 2.45) is 5.92 Å². The van der Waals surface area contributed by atoms with Crippen molar-refractivity contribution in [3.63, 3.8) is 0 Å². The van der Waals surface area contributed by atoms with Crippen LogP contribution < -0.4 is 4.74 Å². The Kier molecular flexibility index (Phi) is 7.22. The number of aryl methyl sites for hydroxylation is 2. The highest BCUT2D eigenvalue weighted by Gasteiger charge is 2.29. The molecule has 0 amide bonds. The molecule has 1 aliphatic carbocycles. The molecule has 3 heteroatoms. The molecule has 3 aromatic carbocycles. The zero-order valence-corrected chi connectivity index (χ0v) is 21.0. The van der Waals surface area contributed by atoms with Crippen molar-refractivity contribution in [1.82, 2.24) is 0 Å². The summed E-state index contributed by atoms with van der Waals surface area (Å²) in [5, 5.41) is 0. The molecule has 1 heterocycles. The van der Waals surface area contributed by atoms with E-state index in [1.165, 1.54) is 43.2 Å². The van der Waals surface area contributed by atoms with Gasteiger partial charge in [-0.2, -0.15) is 4.39 Å². The smallest absolute Gasteiger partial charge is 0.201 e. The molecule has 1 saturated carbocycles. The molecule has 0 aromatic heterocycles. The van der Waals surface area contributed by atoms with Crippen LogP contribution in [0.4, 0.5) is 8.78 Å². The fourth-order valence-electron chi connectivity index (χ4n) is 5.93. The van der Waals surface area contributed by atoms with Crippen molar-refractivity contribution in [1.29, 1.82) is 0 Å². The lowest BCUT2D eigenvalue weighted by molar-refractivity contribution is 0.165. The van der Waals surface area contributed by atoms with Crippen molar-refractivity contribution in [3.8, 4) is 16.9 Å². The van der Waals surface area contributed by atoms with Gasteiger partial charge in [0.05, 0.1) is 0 Å². The van der Waals surface area contributed by atoms with Crippen LogP contribution in [0.15, 0.2) is 54.6 Å². The van der Waals surface area contributed by atoms with Gasteiger partial charge in [0.15, 0.2) is 11.6 Å². The fraction of sp³-hybridized carbons (Fsp3) is 0.438. The van der Waals surface area contributed by atoms with E-state index in [-0.39, 0.29) is 11.9 Å². The highest BCUT2D eigenvalue weighted by atomic mass is 19.2. The number of ether oxygens (including phenoxy) is 1. The van der Waals surface area contributed by atoms with E-state index >= 15 is 8.78 Å². The van der Waals surface area contributed by atoms with Crippen LogP contribution in [-0.2, 0) is 12.8 Å². The highest BCUT2D eigenvalue weighted by molar-refractivity contribution is 5.67. The second-order valence-corrected chi connectivity index (χ2v) is 10.4. The number of rotatable bonds is 6. The molecule has 0 radical (unpaired) electrons. The topological polar surface area (TPSA) is 9.23 Å². The third-order valence-electron chi connectivity index (χ3n) is 8.18. The van der Waals surface area contributed by atoms with Crippen LogP contribution in [0.25, 0.3) is 11.1 Å². The van der Waals surface area contributed by atoms with Crippen LogP contribution in [-0.4, -0.2) is 0 Å². The first kappa shape index (κ1) is 24.0. The Balaban J connectivity index is 1.32. The number of fused-ring (bicyclic) bond motifs is 1. The molecule has 0 bridgehead atoms. The van der Waals surface area contributed by atoms with E-state index in [9.17, 15) is 0 Å². The Morgan fingerprint density at radius 1 is 0.800 bits per heavy atom. The molecular weight excluding hydrogens is 438 g/mol. The monoisotopic (exact) mass is 474 g/mol. The van der Waals surface area contributed by atoms with Crippen molar-refractivity contribution >= 4 is 0 Å². The second-order valence-electron chi connectivity index (χ2n) is 10.4. The van der Waals surface area contributed by atoms with Crippen LogP contribution in [0.1, 0.15) is 93.1 Å². The van der Waals surface area contributed by atoms with E-state index in [0.29, 0.717) is 23.5 Å². The average Bonchev–Trinajstić information content (AvgIpc) is 2.91. The number of halogens is 2. The van der Waals surface area contributed by atoms with Gasteiger partial charge in [0.25, 0.3) is 0 Å². The third kappa shape index (κ3) is 5.01. The fourth-order valence-corrected chi connectivity index (χ4v) is 5.93. The van der Waals surface area contributed by atoms with E-state index in [0.717, 1.165) is 36.3 Å². The molecule has 0 N–H and O–H groups in total. The second kappa shape index (κ2) is 10.5. The molecule has 0 saturated heterocycles. The molecule has 184 valence electrons. The average molecular weight is 475 g/mol. The molecule has 2 aliphatic rings. The molecule has 0 spiro atoms. The van der Waals surface area contributed by atoms with Crippen molar-refractivity contribution in [2.75, 3.05) is 0 Å². The van der Waals surface area contributed by atoms with E-state index in [2.05, 4.69) is 38.1 Å². The minimum atomic E-state index is -0.871. The molecular formula is C32H36F2O. The van der Waals surface area contributed by atoms with Gasteiger partial charge < -0.3 is 4.74 Å². The first-order chi connectivity index (χ1) is 17.1. The predicted octanol–water partition coefficient (Wildman–Crippen LogP) is 9.33. The van der Waals surface area contributed by atoms with Gasteiger partial charge in [-0.15, -0.1) is 0 Å². The SMILES string of the molecule is CCCc1ccc(-c2cc3c(c(F)c2F)OC(c2ccc(C4CCC(CC)CC4)cc2)CC3)cc1. The summed E-state index contributed by atoms with van der Waals surface area (Å²) >= 11 is 0. The molecule has 1 nitrogen and oxygen atoms in total. The van der Waals surface area contributed by atoms with Crippen molar-refractivity contribution in [3.05, 3.63) is 88.5 Å². The standard InChI is InChI=1S/C32H36F2O/c1-3-5-22-8-12-25(13-9-22)28-20-27-18-19-29(35-32(27)31(34)30(28)33)26-16-14-24(15-17-26)23-10-6-21(4-2)7-11-23/h8-9,12-17,20-21,23,29H,3-7,10-11,18-19H2,1-2H3. The predicted molar refractivity (Wildman–Crippen MR) is 139 cm³/mol. The maximum absolute atomic E-state index is 15.2. The first-order valence-corrected chi connectivity index (χ1v) is 13.4. The lowest BCUT2D eigenvalue weighted by Crippen LogP contribution is -2.17. The van der Waals surface area contributed by atoms with Gasteiger partial charge in [-0.3, -0.25) is 0 Å². The van der Waals surface area contributed by atoms with E-state index in [1.54, 1.807) is 6.07 Å². The van der Waals surface area contributed by atoms with Gasteiger partial charge in [-0.25, -0.2) is 4.39 Å². The summed E-state index contributed by atoms with van der Waals surface area (Å²) < 4.78 is 36.4. The molecule has 5 rings (SSSR count). The maximum atomic E-state index is 15.2. The lowest BCUT2D eigenvalue weighted by atomic mass is 9.77. The Morgan fingerprint density at radius 3 is 2.14 bits per heavy atom. The molecule has 35 heavy (non-hydrogen) atoms. The lowest BCUT2D eigenvalue weighted by Gasteiger charge is -2.29. The summed E-state index contributed by atoms with van der Waals surface area (Å²) in [5.74, 6) is -0.0970. The normalized spacial score (nSPS) is 21.9. The van der Waals surface area contributed by atoms with E-state index < -0.39 is 11.6 Å². The molecule has 1 fully saturated rings. The number of hydrogen-bond acceptors (Lipinski definition) is 1. The summed E-state index contributed by atoms with van der Waals surface area (Å²) in [6.07, 6.45) is 9.67. The van der Waals surface area contributed by atoms with Crippen LogP contribution in [0.2, 0.25) is 0 Å². The Bertz CT molecular complexity index is 1140. The van der Waals surface area contributed by atoms with Gasteiger partial charge in [0.1, 0.15) is 6.10 Å². The van der Waals surface area contributed by atoms with Crippen LogP contribution in [0.3, 0.4) is 0 Å². The summed E-state index contributed by atoms with van der Waals surface area (Å²) in [7, 11) is 0. The van der Waals surface area contributed by atoms with Crippen LogP contribution >= 0.6 is 0 Å². The molecule has 1 unspecified atom stereocenters. The molecule has 1 atom stereocenters. The summed E-state index contributed by atoms with van der Waals surface area (Å²) in [6, 6.07) is 18.2. The summed E-state index contributed by atoms with van der Waals surface area (Å²) in [4.78, 5) is 0. The van der Waals surface area contributed by atoms with Crippen LogP contribution in [0.5, 0.6) is 5.75 Å². The number of hydrogen-bond donors (Lipinski definition) is 0. The van der Waals surface area contributed by atoms with Gasteiger partial charge in [-0.1, -0.05) is 75.2 Å². The van der Waals surface area contributed by atoms with Gasteiger partial charge in [0, 0.05) is 5.56 Å². The largest absolute Gasteiger partial charge is 0.482 e. The van der Waals surface area contributed by atoms with E-state index in [1.807, 2.05) is 24.3 Å². The minimum Gasteiger partial charge on any atom is -0.482 e. The highest BCUT2D eigenvalue weighted by Crippen LogP contribution is 2.42. The Hall–Kier alpha value is -2.68. The minimum absolute atomic E-state index is 0.0760. The number of benzene rings is 3. The van der Waals surface area contributed by atoms with Crippen molar-refractivity contribution in [2.45, 2.75) is 83.7 Å². The zero-order valence-electron chi connectivity index (χ0n) is 21.0.